The number of carbonyl (C=O) groups is 1. The van der Waals surface area contributed by atoms with Crippen LogP contribution in [0.1, 0.15) is 44.2 Å². The Morgan fingerprint density at radius 3 is 2.70 bits per heavy atom. The van der Waals surface area contributed by atoms with Crippen molar-refractivity contribution in [2.45, 2.75) is 39.7 Å². The molecule has 1 aliphatic carbocycles. The monoisotopic (exact) mass is 412 g/mol. The van der Waals surface area contributed by atoms with Crippen LogP contribution in [0.2, 0.25) is 0 Å². The molecule has 1 atom stereocenters. The predicted octanol–water partition coefficient (Wildman–Crippen LogP) is 3.72. The van der Waals surface area contributed by atoms with Gasteiger partial charge in [0.25, 0.3) is 0 Å². The second-order valence-corrected chi connectivity index (χ2v) is 7.18. The lowest BCUT2D eigenvalue weighted by Crippen LogP contribution is -2.33. The van der Waals surface area contributed by atoms with Crippen molar-refractivity contribution in [1.82, 2.24) is 10.6 Å². The second-order valence-electron chi connectivity index (χ2n) is 7.18. The van der Waals surface area contributed by atoms with Gasteiger partial charge in [0.05, 0.1) is 5.41 Å². The molecule has 1 aromatic carbocycles. The van der Waals surface area contributed by atoms with Crippen LogP contribution in [0.3, 0.4) is 0 Å². The fourth-order valence-corrected chi connectivity index (χ4v) is 3.83. The molecule has 30 heavy (non-hydrogen) atoms. The van der Waals surface area contributed by atoms with Gasteiger partial charge < -0.3 is 21.2 Å². The third-order valence-electron chi connectivity index (χ3n) is 5.41. The lowest BCUT2D eigenvalue weighted by atomic mass is 9.77. The van der Waals surface area contributed by atoms with Gasteiger partial charge in [0.15, 0.2) is 0 Å². The average Bonchev–Trinajstić information content (AvgIpc) is 3.28. The molecule has 5 nitrogen and oxygen atoms in total. The highest BCUT2D eigenvalue weighted by Gasteiger charge is 2.39. The van der Waals surface area contributed by atoms with E-state index < -0.39 is 5.41 Å². The molecule has 1 aliphatic heterocycles. The van der Waals surface area contributed by atoms with Crippen molar-refractivity contribution < 1.29 is 9.18 Å². The van der Waals surface area contributed by atoms with Crippen LogP contribution in [0.5, 0.6) is 0 Å². The summed E-state index contributed by atoms with van der Waals surface area (Å²) in [6.45, 7) is 5.83. The first-order chi connectivity index (χ1) is 14.6. The lowest BCUT2D eigenvalue weighted by Gasteiger charge is -2.30. The topological polar surface area (TPSA) is 79.5 Å². The number of aldehydes is 1. The van der Waals surface area contributed by atoms with Gasteiger partial charge in [-0.05, 0) is 43.0 Å². The fourth-order valence-electron chi connectivity index (χ4n) is 3.83. The van der Waals surface area contributed by atoms with Crippen LogP contribution < -0.4 is 16.4 Å². The van der Waals surface area contributed by atoms with Crippen LogP contribution in [-0.2, 0) is 11.3 Å². The van der Waals surface area contributed by atoms with E-state index >= 15 is 0 Å². The highest BCUT2D eigenvalue weighted by molar-refractivity contribution is 6.09. The molecule has 4 N–H and O–H groups in total. The van der Waals surface area contributed by atoms with Gasteiger partial charge in [-0.2, -0.15) is 0 Å². The van der Waals surface area contributed by atoms with E-state index in [0.29, 0.717) is 29.8 Å². The largest absolute Gasteiger partial charge is 0.404 e. The van der Waals surface area contributed by atoms with Gasteiger partial charge in [-0.1, -0.05) is 38.1 Å². The molecule has 2 aliphatic rings. The number of halogens is 1. The molecule has 3 rings (SSSR count). The number of nitrogens with two attached hydrogens (primary N) is 1. The van der Waals surface area contributed by atoms with Crippen LogP contribution in [0.25, 0.3) is 5.57 Å². The number of carbonyl (C=O) groups excluding carboxylic acids is 1. The average molecular weight is 413 g/mol. The highest BCUT2D eigenvalue weighted by Crippen LogP contribution is 2.38. The number of allylic oxidation sites excluding steroid dienone is 4. The molecule has 1 fully saturated rings. The normalized spacial score (nSPS) is 21.5. The summed E-state index contributed by atoms with van der Waals surface area (Å²) in [5.74, 6) is -0.302. The molecule has 1 aromatic rings. The van der Waals surface area contributed by atoms with Gasteiger partial charge in [0, 0.05) is 49.4 Å². The van der Waals surface area contributed by atoms with E-state index in [2.05, 4.69) is 27.8 Å². The van der Waals surface area contributed by atoms with Gasteiger partial charge in [-0.25, -0.2) is 4.39 Å². The SMILES string of the molecule is CC.CN=C/C(=C\N)c1ccc(CNC2=CCCC=C2C2(C=O)CCNC2)c(F)c1. The summed E-state index contributed by atoms with van der Waals surface area (Å²) in [6.07, 6.45) is 11.0. The van der Waals surface area contributed by atoms with Crippen molar-refractivity contribution in [2.75, 3.05) is 20.1 Å². The van der Waals surface area contributed by atoms with Crippen LogP contribution in [-0.4, -0.2) is 32.6 Å². The Labute approximate surface area is 179 Å². The maximum Gasteiger partial charge on any atom is 0.131 e. The van der Waals surface area contributed by atoms with Gasteiger partial charge in [-0.15, -0.1) is 0 Å². The van der Waals surface area contributed by atoms with Gasteiger partial charge in [0.2, 0.25) is 0 Å². The highest BCUT2D eigenvalue weighted by atomic mass is 19.1. The minimum atomic E-state index is -0.484. The Morgan fingerprint density at radius 2 is 2.10 bits per heavy atom. The summed E-state index contributed by atoms with van der Waals surface area (Å²) < 4.78 is 14.6. The zero-order valence-electron chi connectivity index (χ0n) is 18.2. The van der Waals surface area contributed by atoms with E-state index in [1.165, 1.54) is 12.3 Å². The molecule has 0 amide bonds. The number of hydrogen-bond donors (Lipinski definition) is 3. The molecule has 162 valence electrons. The minimum absolute atomic E-state index is 0.302. The van der Waals surface area contributed by atoms with E-state index in [1.54, 1.807) is 19.3 Å². The van der Waals surface area contributed by atoms with Crippen LogP contribution in [0, 0.1) is 11.2 Å². The number of rotatable bonds is 7. The minimum Gasteiger partial charge on any atom is -0.404 e. The molecule has 1 heterocycles. The van der Waals surface area contributed by atoms with E-state index in [-0.39, 0.29) is 5.82 Å². The van der Waals surface area contributed by atoms with E-state index in [9.17, 15) is 9.18 Å². The summed E-state index contributed by atoms with van der Waals surface area (Å²) >= 11 is 0. The summed E-state index contributed by atoms with van der Waals surface area (Å²) in [5.41, 5.74) is 9.00. The molecule has 1 unspecified atom stereocenters. The fraction of sp³-hybridized carbons (Fsp3) is 0.417. The first-order valence-electron chi connectivity index (χ1n) is 10.6. The third-order valence-corrected chi connectivity index (χ3v) is 5.41. The molecule has 0 bridgehead atoms. The molecular formula is C24H33FN4O. The van der Waals surface area contributed by atoms with Crippen LogP contribution >= 0.6 is 0 Å². The molecule has 6 heteroatoms. The van der Waals surface area contributed by atoms with E-state index in [0.717, 1.165) is 43.4 Å². The number of nitrogens with one attached hydrogen (secondary N) is 2. The molecule has 0 saturated carbocycles. The molecule has 0 aromatic heterocycles. The number of nitrogens with zero attached hydrogens (tertiary/aromatic N) is 1. The number of aliphatic imine (C=N–C) groups is 1. The first-order valence-corrected chi connectivity index (χ1v) is 10.6. The maximum atomic E-state index is 14.6. The van der Waals surface area contributed by atoms with Gasteiger partial charge >= 0.3 is 0 Å². The zero-order chi connectivity index (χ0) is 22.0. The van der Waals surface area contributed by atoms with E-state index in [4.69, 9.17) is 5.73 Å². The van der Waals surface area contributed by atoms with Gasteiger partial charge in [0.1, 0.15) is 12.1 Å². The first kappa shape index (κ1) is 23.5. The summed E-state index contributed by atoms with van der Waals surface area (Å²) in [7, 11) is 1.65. The predicted molar refractivity (Wildman–Crippen MR) is 123 cm³/mol. The van der Waals surface area contributed by atoms with Crippen molar-refractivity contribution in [3.05, 3.63) is 64.8 Å². The Bertz CT molecular complexity index is 849. The molecular weight excluding hydrogens is 379 g/mol. The smallest absolute Gasteiger partial charge is 0.131 e. The van der Waals surface area contributed by atoms with Gasteiger partial charge in [-0.3, -0.25) is 4.99 Å². The Balaban J connectivity index is 0.00000155. The molecule has 0 spiro atoms. The summed E-state index contributed by atoms with van der Waals surface area (Å²) in [6, 6.07) is 5.06. The quantitative estimate of drug-likeness (QED) is 0.471. The van der Waals surface area contributed by atoms with Crippen molar-refractivity contribution in [3.8, 4) is 0 Å². The van der Waals surface area contributed by atoms with Crippen molar-refractivity contribution in [1.29, 1.82) is 0 Å². The van der Waals surface area contributed by atoms with Crippen molar-refractivity contribution in [2.24, 2.45) is 16.1 Å². The maximum absolute atomic E-state index is 14.6. The standard InChI is InChI=1S/C22H27FN4O.C2H6/c1-25-12-18(11-24)16-6-7-17(20(23)10-16)13-27-21-5-3-2-4-19(21)22(15-28)8-9-26-14-22;1-2/h4-7,10-12,15,26-27H,2-3,8-9,13-14,24H2,1H3;1-2H3/b18-11+,25-12?;. The Morgan fingerprint density at radius 1 is 1.33 bits per heavy atom. The van der Waals surface area contributed by atoms with Crippen molar-refractivity contribution >= 4 is 18.1 Å². The Kier molecular flexibility index (Phi) is 8.99. The van der Waals surface area contributed by atoms with Crippen LogP contribution in [0.15, 0.2) is 52.8 Å². The summed E-state index contributed by atoms with van der Waals surface area (Å²) in [5, 5.41) is 6.64. The molecule has 0 radical (unpaired) electrons. The zero-order valence-corrected chi connectivity index (χ0v) is 18.2. The summed E-state index contributed by atoms with van der Waals surface area (Å²) in [4.78, 5) is 15.8. The van der Waals surface area contributed by atoms with E-state index in [1.807, 2.05) is 19.9 Å². The third kappa shape index (κ3) is 5.25. The Hall–Kier alpha value is -2.73. The number of hydrogen-bond acceptors (Lipinski definition) is 5. The van der Waals surface area contributed by atoms with Crippen LogP contribution in [0.4, 0.5) is 4.39 Å². The second kappa shape index (κ2) is 11.5. The van der Waals surface area contributed by atoms with Crippen molar-refractivity contribution in [3.63, 3.8) is 0 Å². The molecule has 1 saturated heterocycles. The lowest BCUT2D eigenvalue weighted by molar-refractivity contribution is -0.113. The number of benzene rings is 1.